The molecule has 1 unspecified atom stereocenters. The van der Waals surface area contributed by atoms with E-state index in [1.807, 2.05) is 0 Å². The van der Waals surface area contributed by atoms with Crippen molar-refractivity contribution in [3.63, 3.8) is 0 Å². The lowest BCUT2D eigenvalue weighted by atomic mass is 10.6. The van der Waals surface area contributed by atoms with Crippen LogP contribution < -0.4 is 5.73 Å². The molecule has 0 aromatic carbocycles. The van der Waals surface area contributed by atoms with Crippen molar-refractivity contribution in [3.8, 4) is 0 Å². The van der Waals surface area contributed by atoms with Crippen molar-refractivity contribution in [3.05, 3.63) is 0 Å². The molecule has 0 aliphatic carbocycles. The first-order chi connectivity index (χ1) is 3.72. The average molecular weight is 132 g/mol. The molecular weight excluding hydrogens is 122 g/mol. The van der Waals surface area contributed by atoms with Crippen LogP contribution in [0.15, 0.2) is 0 Å². The summed E-state index contributed by atoms with van der Waals surface area (Å²) in [6.07, 6.45) is -0.355. The van der Waals surface area contributed by atoms with Gasteiger partial charge in [0.15, 0.2) is 6.29 Å². The fraction of sp³-hybridized carbons (Fsp3) is 1.00. The van der Waals surface area contributed by atoms with Gasteiger partial charge in [0.05, 0.1) is 10.2 Å². The van der Waals surface area contributed by atoms with Crippen molar-refractivity contribution in [1.82, 2.24) is 0 Å². The van der Waals surface area contributed by atoms with Crippen molar-refractivity contribution < 1.29 is 9.47 Å². The molecule has 3 radical (unpaired) electrons. The normalized spacial score (nSPS) is 14.6. The molecule has 0 heterocycles. The summed E-state index contributed by atoms with van der Waals surface area (Å²) in [7, 11) is 6.21. The van der Waals surface area contributed by atoms with Gasteiger partial charge in [0.2, 0.25) is 0 Å². The molecule has 0 fully saturated rings. The largest absolute Gasteiger partial charge is 0.355 e. The second kappa shape index (κ2) is 4.02. The van der Waals surface area contributed by atoms with Crippen LogP contribution in [0, 0.1) is 0 Å². The molecule has 0 aliphatic rings. The molecule has 0 aromatic heterocycles. The highest BCUT2D eigenvalue weighted by atomic mass is 28.1. The smallest absolute Gasteiger partial charge is 0.168 e. The fourth-order valence-corrected chi connectivity index (χ4v) is 0.662. The lowest BCUT2D eigenvalue weighted by Crippen LogP contribution is -2.37. The molecular formula is C4H10NO2Si. The first-order valence-electron chi connectivity index (χ1n) is 2.24. The van der Waals surface area contributed by atoms with E-state index in [-0.39, 0.29) is 12.0 Å². The summed E-state index contributed by atoms with van der Waals surface area (Å²) in [5, 5.41) is 0. The molecule has 0 saturated carbocycles. The van der Waals surface area contributed by atoms with E-state index in [9.17, 15) is 0 Å². The van der Waals surface area contributed by atoms with Gasteiger partial charge >= 0.3 is 0 Å². The van der Waals surface area contributed by atoms with E-state index in [4.69, 9.17) is 15.2 Å². The molecule has 4 heteroatoms. The molecule has 0 spiro atoms. The molecule has 2 N–H and O–H groups in total. The highest BCUT2D eigenvalue weighted by Crippen LogP contribution is 1.90. The molecule has 1 atom stereocenters. The van der Waals surface area contributed by atoms with E-state index in [2.05, 4.69) is 10.2 Å². The average Bonchev–Trinajstić information content (AvgIpc) is 1.69. The highest BCUT2D eigenvalue weighted by molar-refractivity contribution is 6.11. The monoisotopic (exact) mass is 132 g/mol. The minimum atomic E-state index is -0.355. The summed E-state index contributed by atoms with van der Waals surface area (Å²) >= 11 is 0. The summed E-state index contributed by atoms with van der Waals surface area (Å²) in [5.74, 6) is 0. The predicted molar refractivity (Wildman–Crippen MR) is 31.5 cm³/mol. The number of nitrogens with two attached hydrogens (primary N) is 1. The van der Waals surface area contributed by atoms with Gasteiger partial charge in [0.1, 0.15) is 0 Å². The van der Waals surface area contributed by atoms with Crippen LogP contribution in [-0.2, 0) is 9.47 Å². The van der Waals surface area contributed by atoms with Gasteiger partial charge in [-0.3, -0.25) is 0 Å². The van der Waals surface area contributed by atoms with Gasteiger partial charge in [-0.05, 0) is 0 Å². The minimum absolute atomic E-state index is 0.259. The van der Waals surface area contributed by atoms with Crippen LogP contribution in [0.25, 0.3) is 0 Å². The Kier molecular flexibility index (Phi) is 4.07. The minimum Gasteiger partial charge on any atom is -0.355 e. The van der Waals surface area contributed by atoms with E-state index in [0.717, 1.165) is 0 Å². The molecule has 3 nitrogen and oxygen atoms in total. The Morgan fingerprint density at radius 1 is 1.38 bits per heavy atom. The van der Waals surface area contributed by atoms with E-state index >= 15 is 0 Å². The summed E-state index contributed by atoms with van der Waals surface area (Å²) in [5.41, 5.74) is 5.06. The number of ether oxygens (including phenoxy) is 2. The van der Waals surface area contributed by atoms with E-state index in [1.54, 1.807) is 0 Å². The highest BCUT2D eigenvalue weighted by Gasteiger charge is 2.08. The SMILES string of the molecule is COC(OC)C(N)[Si]. The standard InChI is InChI=1S/C4H10NO2Si/c1-6-4(7-2)3(5)8/h3-4H,5H2,1-2H3. The Morgan fingerprint density at radius 2 is 1.75 bits per heavy atom. The second-order valence-electron chi connectivity index (χ2n) is 1.37. The van der Waals surface area contributed by atoms with Gasteiger partial charge in [-0.25, -0.2) is 0 Å². The van der Waals surface area contributed by atoms with Crippen molar-refractivity contribution in [2.45, 2.75) is 12.0 Å². The van der Waals surface area contributed by atoms with Crippen molar-refractivity contribution >= 4 is 10.2 Å². The van der Waals surface area contributed by atoms with Gasteiger partial charge < -0.3 is 15.2 Å². The Hall–Kier alpha value is 0.0969. The maximum Gasteiger partial charge on any atom is 0.168 e. The molecule has 0 bridgehead atoms. The molecule has 8 heavy (non-hydrogen) atoms. The van der Waals surface area contributed by atoms with E-state index in [1.165, 1.54) is 14.2 Å². The van der Waals surface area contributed by atoms with E-state index < -0.39 is 0 Å². The molecule has 0 saturated heterocycles. The second-order valence-corrected chi connectivity index (χ2v) is 2.03. The third-order valence-corrected chi connectivity index (χ3v) is 1.03. The lowest BCUT2D eigenvalue weighted by molar-refractivity contribution is -0.102. The fourth-order valence-electron chi connectivity index (χ4n) is 0.389. The first kappa shape index (κ1) is 8.10. The molecule has 47 valence electrons. The summed E-state index contributed by atoms with van der Waals surface area (Å²) in [6, 6.07) is 0. The van der Waals surface area contributed by atoms with Crippen LogP contribution in [0.1, 0.15) is 0 Å². The number of hydrogen-bond donors (Lipinski definition) is 1. The van der Waals surface area contributed by atoms with Crippen molar-refractivity contribution in [2.75, 3.05) is 14.2 Å². The van der Waals surface area contributed by atoms with Crippen LogP contribution in [0.3, 0.4) is 0 Å². The molecule has 0 aliphatic heterocycles. The zero-order chi connectivity index (χ0) is 6.57. The van der Waals surface area contributed by atoms with Gasteiger partial charge in [-0.15, -0.1) is 0 Å². The zero-order valence-corrected chi connectivity index (χ0v) is 6.05. The van der Waals surface area contributed by atoms with E-state index in [0.29, 0.717) is 0 Å². The van der Waals surface area contributed by atoms with Gasteiger partial charge in [-0.1, -0.05) is 0 Å². The lowest BCUT2D eigenvalue weighted by Gasteiger charge is -2.15. The Labute approximate surface area is 52.6 Å². The zero-order valence-electron chi connectivity index (χ0n) is 5.05. The maximum absolute atomic E-state index is 5.32. The Balaban J connectivity index is 3.35. The van der Waals surface area contributed by atoms with Crippen LogP contribution in [0.2, 0.25) is 0 Å². The van der Waals surface area contributed by atoms with Gasteiger partial charge in [0.25, 0.3) is 0 Å². The van der Waals surface area contributed by atoms with Crippen LogP contribution in [-0.4, -0.2) is 36.4 Å². The quantitative estimate of drug-likeness (QED) is 0.398. The predicted octanol–water partition coefficient (Wildman–Crippen LogP) is -0.941. The number of rotatable bonds is 3. The Morgan fingerprint density at radius 3 is 1.75 bits per heavy atom. The third kappa shape index (κ3) is 2.42. The van der Waals surface area contributed by atoms with Crippen LogP contribution in [0.4, 0.5) is 0 Å². The number of methoxy groups -OCH3 is 2. The van der Waals surface area contributed by atoms with Crippen molar-refractivity contribution in [2.24, 2.45) is 5.73 Å². The first-order valence-corrected chi connectivity index (χ1v) is 2.82. The summed E-state index contributed by atoms with van der Waals surface area (Å²) < 4.78 is 9.53. The van der Waals surface area contributed by atoms with Crippen molar-refractivity contribution in [1.29, 1.82) is 0 Å². The van der Waals surface area contributed by atoms with Gasteiger partial charge in [0, 0.05) is 19.9 Å². The van der Waals surface area contributed by atoms with Crippen LogP contribution in [0.5, 0.6) is 0 Å². The third-order valence-electron chi connectivity index (χ3n) is 0.758. The Bertz CT molecular complexity index is 56.0. The number of hydrogen-bond acceptors (Lipinski definition) is 3. The van der Waals surface area contributed by atoms with Crippen LogP contribution >= 0.6 is 0 Å². The summed E-state index contributed by atoms with van der Waals surface area (Å²) in [6.45, 7) is 0. The molecule has 0 aromatic rings. The maximum atomic E-state index is 5.32. The summed E-state index contributed by atoms with van der Waals surface area (Å²) in [4.78, 5) is 0. The topological polar surface area (TPSA) is 44.5 Å². The molecule has 0 rings (SSSR count). The van der Waals surface area contributed by atoms with Gasteiger partial charge in [-0.2, -0.15) is 0 Å². The molecule has 0 amide bonds.